The van der Waals surface area contributed by atoms with E-state index in [1.54, 1.807) is 0 Å². The van der Waals surface area contributed by atoms with E-state index in [1.807, 2.05) is 0 Å². The summed E-state index contributed by atoms with van der Waals surface area (Å²) >= 11 is 0. The Morgan fingerprint density at radius 3 is 2.70 bits per heavy atom. The van der Waals surface area contributed by atoms with Crippen LogP contribution < -0.4 is 5.73 Å². The topological polar surface area (TPSA) is 43.8 Å². The number of nitrogens with two attached hydrogens (primary N) is 1. The third kappa shape index (κ3) is 3.60. The molecule has 1 aromatic carbocycles. The number of rotatable bonds is 8. The van der Waals surface area contributed by atoms with Gasteiger partial charge in [-0.25, -0.2) is 0 Å². The molecule has 0 radical (unpaired) electrons. The highest BCUT2D eigenvalue weighted by atomic mass is 15.3. The summed E-state index contributed by atoms with van der Waals surface area (Å²) in [5, 5.41) is 5.99. The first kappa shape index (κ1) is 15.0. The quantitative estimate of drug-likeness (QED) is 0.741. The van der Waals surface area contributed by atoms with Gasteiger partial charge in [-0.2, -0.15) is 5.10 Å². The standard InChI is InChI=1S/C17H27N3/c1-3-5-6-7-10-14(18)13-16-15-11-8-9-12-17(15)20(4-2)19-16/h8-9,11-12,14H,3-7,10,13,18H2,1-2H3. The van der Waals surface area contributed by atoms with Crippen molar-refractivity contribution in [3.8, 4) is 0 Å². The van der Waals surface area contributed by atoms with Crippen LogP contribution >= 0.6 is 0 Å². The van der Waals surface area contributed by atoms with Crippen molar-refractivity contribution >= 4 is 10.9 Å². The number of hydrogen-bond donors (Lipinski definition) is 1. The van der Waals surface area contributed by atoms with Crippen molar-refractivity contribution in [1.29, 1.82) is 0 Å². The molecule has 1 unspecified atom stereocenters. The molecule has 0 saturated heterocycles. The van der Waals surface area contributed by atoms with E-state index >= 15 is 0 Å². The van der Waals surface area contributed by atoms with Crippen molar-refractivity contribution in [1.82, 2.24) is 9.78 Å². The molecular formula is C17H27N3. The molecule has 3 heteroatoms. The molecule has 0 amide bonds. The Bertz CT molecular complexity index is 530. The lowest BCUT2D eigenvalue weighted by Gasteiger charge is -2.09. The van der Waals surface area contributed by atoms with Crippen molar-refractivity contribution < 1.29 is 0 Å². The zero-order chi connectivity index (χ0) is 14.4. The number of aryl methyl sites for hydroxylation is 1. The van der Waals surface area contributed by atoms with Gasteiger partial charge in [0, 0.05) is 24.4 Å². The number of para-hydroxylation sites is 1. The maximum absolute atomic E-state index is 6.28. The molecule has 2 N–H and O–H groups in total. The molecule has 3 nitrogen and oxygen atoms in total. The fourth-order valence-corrected chi connectivity index (χ4v) is 2.77. The molecule has 0 fully saturated rings. The Morgan fingerprint density at radius 2 is 1.95 bits per heavy atom. The minimum Gasteiger partial charge on any atom is -0.327 e. The van der Waals surface area contributed by atoms with Gasteiger partial charge in [-0.1, -0.05) is 50.8 Å². The van der Waals surface area contributed by atoms with E-state index in [-0.39, 0.29) is 6.04 Å². The summed E-state index contributed by atoms with van der Waals surface area (Å²) in [6.45, 7) is 5.28. The van der Waals surface area contributed by atoms with E-state index in [0.29, 0.717) is 0 Å². The summed E-state index contributed by atoms with van der Waals surface area (Å²) in [7, 11) is 0. The molecule has 0 saturated carbocycles. The number of aromatic nitrogens is 2. The first-order valence-electron chi connectivity index (χ1n) is 7.96. The fraction of sp³-hybridized carbons (Fsp3) is 0.588. The van der Waals surface area contributed by atoms with Crippen LogP contribution in [0.1, 0.15) is 51.6 Å². The van der Waals surface area contributed by atoms with Gasteiger partial charge in [-0.15, -0.1) is 0 Å². The Labute approximate surface area is 122 Å². The minimum absolute atomic E-state index is 0.232. The first-order valence-corrected chi connectivity index (χ1v) is 7.96. The molecule has 1 heterocycles. The lowest BCUT2D eigenvalue weighted by Crippen LogP contribution is -2.23. The van der Waals surface area contributed by atoms with E-state index < -0.39 is 0 Å². The molecule has 0 spiro atoms. The minimum atomic E-state index is 0.232. The second-order valence-electron chi connectivity index (χ2n) is 5.59. The zero-order valence-corrected chi connectivity index (χ0v) is 12.8. The largest absolute Gasteiger partial charge is 0.327 e. The Kier molecular flexibility index (Phi) is 5.60. The monoisotopic (exact) mass is 273 g/mol. The molecule has 1 atom stereocenters. The molecule has 0 bridgehead atoms. The Morgan fingerprint density at radius 1 is 1.15 bits per heavy atom. The van der Waals surface area contributed by atoms with Crippen molar-refractivity contribution in [2.24, 2.45) is 5.73 Å². The predicted octanol–water partition coefficient (Wildman–Crippen LogP) is 3.90. The molecule has 0 aliphatic heterocycles. The Balaban J connectivity index is 2.02. The van der Waals surface area contributed by atoms with Gasteiger partial charge in [-0.05, 0) is 19.4 Å². The number of hydrogen-bond acceptors (Lipinski definition) is 2. The van der Waals surface area contributed by atoms with Crippen LogP contribution in [0.4, 0.5) is 0 Å². The Hall–Kier alpha value is -1.35. The van der Waals surface area contributed by atoms with Gasteiger partial charge in [-0.3, -0.25) is 4.68 Å². The average Bonchev–Trinajstić information content (AvgIpc) is 2.82. The lowest BCUT2D eigenvalue weighted by atomic mass is 10.0. The third-order valence-corrected chi connectivity index (χ3v) is 3.92. The maximum Gasteiger partial charge on any atom is 0.0718 e. The van der Waals surface area contributed by atoms with Gasteiger partial charge < -0.3 is 5.73 Å². The molecular weight excluding hydrogens is 246 g/mol. The molecule has 20 heavy (non-hydrogen) atoms. The number of fused-ring (bicyclic) bond motifs is 1. The summed E-state index contributed by atoms with van der Waals surface area (Å²) in [5.74, 6) is 0. The molecule has 2 rings (SSSR count). The smallest absolute Gasteiger partial charge is 0.0718 e. The van der Waals surface area contributed by atoms with Crippen molar-refractivity contribution in [2.75, 3.05) is 0 Å². The van der Waals surface area contributed by atoms with Crippen LogP contribution in [0.3, 0.4) is 0 Å². The highest BCUT2D eigenvalue weighted by molar-refractivity contribution is 5.82. The second kappa shape index (κ2) is 7.44. The van der Waals surface area contributed by atoms with Gasteiger partial charge in [0.15, 0.2) is 0 Å². The summed E-state index contributed by atoms with van der Waals surface area (Å²) in [4.78, 5) is 0. The summed E-state index contributed by atoms with van der Waals surface area (Å²) in [6, 6.07) is 8.69. The lowest BCUT2D eigenvalue weighted by molar-refractivity contribution is 0.538. The molecule has 1 aromatic heterocycles. The second-order valence-corrected chi connectivity index (χ2v) is 5.59. The summed E-state index contributed by atoms with van der Waals surface area (Å²) in [5.41, 5.74) is 8.66. The van der Waals surface area contributed by atoms with Crippen LogP contribution in [0.5, 0.6) is 0 Å². The average molecular weight is 273 g/mol. The third-order valence-electron chi connectivity index (χ3n) is 3.92. The number of benzene rings is 1. The molecule has 0 aliphatic rings. The summed E-state index contributed by atoms with van der Waals surface area (Å²) in [6.07, 6.45) is 7.13. The number of unbranched alkanes of at least 4 members (excludes halogenated alkanes) is 3. The maximum atomic E-state index is 6.28. The van der Waals surface area contributed by atoms with E-state index in [1.165, 1.54) is 36.6 Å². The van der Waals surface area contributed by atoms with Crippen LogP contribution in [-0.2, 0) is 13.0 Å². The molecule has 0 aliphatic carbocycles. The SMILES string of the molecule is CCCCCCC(N)Cc1nn(CC)c2ccccc12. The van der Waals surface area contributed by atoms with E-state index in [2.05, 4.69) is 42.8 Å². The highest BCUT2D eigenvalue weighted by Gasteiger charge is 2.12. The van der Waals surface area contributed by atoms with Crippen LogP contribution in [0, 0.1) is 0 Å². The molecule has 2 aromatic rings. The molecule has 110 valence electrons. The fourth-order valence-electron chi connectivity index (χ4n) is 2.77. The highest BCUT2D eigenvalue weighted by Crippen LogP contribution is 2.20. The van der Waals surface area contributed by atoms with Crippen LogP contribution in [-0.4, -0.2) is 15.8 Å². The van der Waals surface area contributed by atoms with Crippen molar-refractivity contribution in [3.63, 3.8) is 0 Å². The van der Waals surface area contributed by atoms with Gasteiger partial charge in [0.25, 0.3) is 0 Å². The van der Waals surface area contributed by atoms with Crippen molar-refractivity contribution in [2.45, 2.75) is 65.0 Å². The normalized spacial score (nSPS) is 12.9. The van der Waals surface area contributed by atoms with Gasteiger partial charge in [0.1, 0.15) is 0 Å². The van der Waals surface area contributed by atoms with Crippen LogP contribution in [0.25, 0.3) is 10.9 Å². The van der Waals surface area contributed by atoms with Crippen molar-refractivity contribution in [3.05, 3.63) is 30.0 Å². The van der Waals surface area contributed by atoms with Gasteiger partial charge in [0.2, 0.25) is 0 Å². The summed E-state index contributed by atoms with van der Waals surface area (Å²) < 4.78 is 2.08. The number of nitrogens with zero attached hydrogens (tertiary/aromatic N) is 2. The van der Waals surface area contributed by atoms with Crippen LogP contribution in [0.2, 0.25) is 0 Å². The zero-order valence-electron chi connectivity index (χ0n) is 12.8. The predicted molar refractivity (Wildman–Crippen MR) is 85.8 cm³/mol. The van der Waals surface area contributed by atoms with E-state index in [4.69, 9.17) is 10.8 Å². The van der Waals surface area contributed by atoms with Gasteiger partial charge in [0.05, 0.1) is 11.2 Å². The van der Waals surface area contributed by atoms with Gasteiger partial charge >= 0.3 is 0 Å². The van der Waals surface area contributed by atoms with E-state index in [9.17, 15) is 0 Å². The first-order chi connectivity index (χ1) is 9.76. The van der Waals surface area contributed by atoms with Crippen LogP contribution in [0.15, 0.2) is 24.3 Å². The van der Waals surface area contributed by atoms with E-state index in [0.717, 1.165) is 25.1 Å².